The van der Waals surface area contributed by atoms with E-state index in [0.717, 1.165) is 76.1 Å². The van der Waals surface area contributed by atoms with Gasteiger partial charge in [0, 0.05) is 39.5 Å². The maximum atomic E-state index is 5.82. The first-order valence-corrected chi connectivity index (χ1v) is 10.6. The second kappa shape index (κ2) is 13.4. The lowest BCUT2D eigenvalue weighted by atomic mass is 10.0. The molecule has 0 saturated carbocycles. The Morgan fingerprint density at radius 1 is 1.21 bits per heavy atom. The van der Waals surface area contributed by atoms with Crippen molar-refractivity contribution in [3.8, 4) is 5.75 Å². The van der Waals surface area contributed by atoms with Gasteiger partial charge in [0.1, 0.15) is 5.75 Å². The van der Waals surface area contributed by atoms with Crippen LogP contribution in [0.4, 0.5) is 0 Å². The average Bonchev–Trinajstić information content (AvgIpc) is 2.71. The summed E-state index contributed by atoms with van der Waals surface area (Å²) in [6, 6.07) is 6.25. The maximum absolute atomic E-state index is 5.82. The number of nitrogens with zero attached hydrogens (tertiary/aromatic N) is 1. The van der Waals surface area contributed by atoms with Crippen LogP contribution in [0.2, 0.25) is 0 Å². The Labute approximate surface area is 170 Å². The summed E-state index contributed by atoms with van der Waals surface area (Å²) >= 11 is 0. The SMILES string of the molecule is CCNC(=NCc1ccc(OCC)c(C)c1)NCCCOCC1CCOCC1. The lowest BCUT2D eigenvalue weighted by Crippen LogP contribution is -2.38. The third-order valence-corrected chi connectivity index (χ3v) is 4.76. The Hall–Kier alpha value is -1.79. The molecule has 0 unspecified atom stereocenters. The number of aryl methyl sites for hydroxylation is 1. The number of hydrogen-bond donors (Lipinski definition) is 2. The number of benzene rings is 1. The summed E-state index contributed by atoms with van der Waals surface area (Å²) in [6.07, 6.45) is 3.22. The first-order valence-electron chi connectivity index (χ1n) is 10.6. The molecule has 1 heterocycles. The van der Waals surface area contributed by atoms with Crippen LogP contribution in [-0.2, 0) is 16.0 Å². The molecule has 0 bridgehead atoms. The van der Waals surface area contributed by atoms with E-state index in [2.05, 4.69) is 36.6 Å². The second-order valence-corrected chi connectivity index (χ2v) is 7.14. The van der Waals surface area contributed by atoms with E-state index < -0.39 is 0 Å². The molecule has 2 rings (SSSR count). The van der Waals surface area contributed by atoms with Crippen molar-refractivity contribution in [2.45, 2.75) is 46.6 Å². The molecule has 1 aromatic carbocycles. The molecule has 158 valence electrons. The lowest BCUT2D eigenvalue weighted by molar-refractivity contribution is 0.0203. The minimum atomic E-state index is 0.642. The van der Waals surface area contributed by atoms with Crippen LogP contribution in [0.15, 0.2) is 23.2 Å². The van der Waals surface area contributed by atoms with Crippen LogP contribution in [0, 0.1) is 12.8 Å². The van der Waals surface area contributed by atoms with Gasteiger partial charge < -0.3 is 24.8 Å². The van der Waals surface area contributed by atoms with Gasteiger partial charge in [-0.25, -0.2) is 4.99 Å². The molecule has 6 nitrogen and oxygen atoms in total. The van der Waals surface area contributed by atoms with Crippen molar-refractivity contribution < 1.29 is 14.2 Å². The minimum absolute atomic E-state index is 0.642. The molecule has 1 aromatic rings. The molecule has 0 aromatic heterocycles. The molecule has 0 spiro atoms. The van der Waals surface area contributed by atoms with Crippen molar-refractivity contribution in [2.75, 3.05) is 46.1 Å². The van der Waals surface area contributed by atoms with Crippen LogP contribution in [-0.4, -0.2) is 52.1 Å². The van der Waals surface area contributed by atoms with Gasteiger partial charge in [0.25, 0.3) is 0 Å². The standard InChI is InChI=1S/C22H37N3O3/c1-4-23-22(24-11-6-12-27-17-19-9-13-26-14-10-19)25-16-20-7-8-21(28-5-2)18(3)15-20/h7-8,15,19H,4-6,9-14,16-17H2,1-3H3,(H2,23,24,25). The smallest absolute Gasteiger partial charge is 0.191 e. The summed E-state index contributed by atoms with van der Waals surface area (Å²) < 4.78 is 16.8. The van der Waals surface area contributed by atoms with Gasteiger partial charge in [-0.3, -0.25) is 0 Å². The molecule has 1 fully saturated rings. The van der Waals surface area contributed by atoms with Gasteiger partial charge in [0.2, 0.25) is 0 Å². The summed E-state index contributed by atoms with van der Waals surface area (Å²) in [6.45, 7) is 12.6. The van der Waals surface area contributed by atoms with Gasteiger partial charge in [0.05, 0.1) is 13.2 Å². The largest absolute Gasteiger partial charge is 0.494 e. The number of aliphatic imine (C=N–C) groups is 1. The predicted molar refractivity (Wildman–Crippen MR) is 114 cm³/mol. The summed E-state index contributed by atoms with van der Waals surface area (Å²) in [4.78, 5) is 4.69. The fourth-order valence-corrected chi connectivity index (χ4v) is 3.18. The lowest BCUT2D eigenvalue weighted by Gasteiger charge is -2.21. The number of ether oxygens (including phenoxy) is 3. The summed E-state index contributed by atoms with van der Waals surface area (Å²) in [5, 5.41) is 6.69. The fourth-order valence-electron chi connectivity index (χ4n) is 3.18. The Kier molecular flexibility index (Phi) is 10.8. The van der Waals surface area contributed by atoms with Gasteiger partial charge in [0.15, 0.2) is 5.96 Å². The van der Waals surface area contributed by atoms with Gasteiger partial charge in [-0.05, 0) is 63.1 Å². The molecule has 0 aliphatic carbocycles. The first kappa shape index (κ1) is 22.5. The van der Waals surface area contributed by atoms with Crippen molar-refractivity contribution in [1.82, 2.24) is 10.6 Å². The van der Waals surface area contributed by atoms with Crippen LogP contribution in [0.25, 0.3) is 0 Å². The van der Waals surface area contributed by atoms with Crippen molar-refractivity contribution in [1.29, 1.82) is 0 Å². The quantitative estimate of drug-likeness (QED) is 0.344. The average molecular weight is 392 g/mol. The monoisotopic (exact) mass is 391 g/mol. The topological polar surface area (TPSA) is 64.1 Å². The van der Waals surface area contributed by atoms with E-state index in [-0.39, 0.29) is 0 Å². The van der Waals surface area contributed by atoms with Crippen LogP contribution in [0.1, 0.15) is 44.2 Å². The van der Waals surface area contributed by atoms with E-state index in [1.807, 2.05) is 13.0 Å². The number of hydrogen-bond acceptors (Lipinski definition) is 4. The molecule has 28 heavy (non-hydrogen) atoms. The number of guanidine groups is 1. The minimum Gasteiger partial charge on any atom is -0.494 e. The highest BCUT2D eigenvalue weighted by atomic mass is 16.5. The highest BCUT2D eigenvalue weighted by Gasteiger charge is 2.13. The fraction of sp³-hybridized carbons (Fsp3) is 0.682. The normalized spacial score (nSPS) is 15.5. The predicted octanol–water partition coefficient (Wildman–Crippen LogP) is 3.28. The molecule has 2 N–H and O–H groups in total. The number of rotatable bonds is 11. The third kappa shape index (κ3) is 8.48. The van der Waals surface area contributed by atoms with Crippen molar-refractivity contribution in [3.63, 3.8) is 0 Å². The Balaban J connectivity index is 1.69. The summed E-state index contributed by atoms with van der Waals surface area (Å²) in [5.41, 5.74) is 2.33. The highest BCUT2D eigenvalue weighted by molar-refractivity contribution is 5.79. The van der Waals surface area contributed by atoms with Crippen LogP contribution < -0.4 is 15.4 Å². The van der Waals surface area contributed by atoms with Gasteiger partial charge in [-0.15, -0.1) is 0 Å². The van der Waals surface area contributed by atoms with E-state index >= 15 is 0 Å². The second-order valence-electron chi connectivity index (χ2n) is 7.14. The molecular formula is C22H37N3O3. The van der Waals surface area contributed by atoms with E-state index in [1.54, 1.807) is 0 Å². The van der Waals surface area contributed by atoms with Crippen molar-refractivity contribution in [3.05, 3.63) is 29.3 Å². The van der Waals surface area contributed by atoms with E-state index in [0.29, 0.717) is 19.1 Å². The van der Waals surface area contributed by atoms with Crippen LogP contribution >= 0.6 is 0 Å². The zero-order valence-electron chi connectivity index (χ0n) is 17.8. The van der Waals surface area contributed by atoms with Gasteiger partial charge in [-0.1, -0.05) is 12.1 Å². The van der Waals surface area contributed by atoms with E-state index in [9.17, 15) is 0 Å². The summed E-state index contributed by atoms with van der Waals surface area (Å²) in [5.74, 6) is 2.46. The van der Waals surface area contributed by atoms with Crippen LogP contribution in [0.3, 0.4) is 0 Å². The van der Waals surface area contributed by atoms with Crippen molar-refractivity contribution >= 4 is 5.96 Å². The molecule has 1 saturated heterocycles. The van der Waals surface area contributed by atoms with Crippen LogP contribution in [0.5, 0.6) is 5.75 Å². The molecular weight excluding hydrogens is 354 g/mol. The van der Waals surface area contributed by atoms with Crippen molar-refractivity contribution in [2.24, 2.45) is 10.9 Å². The molecule has 0 amide bonds. The van der Waals surface area contributed by atoms with Gasteiger partial charge in [-0.2, -0.15) is 0 Å². The summed E-state index contributed by atoms with van der Waals surface area (Å²) in [7, 11) is 0. The zero-order valence-corrected chi connectivity index (χ0v) is 17.8. The maximum Gasteiger partial charge on any atom is 0.191 e. The van der Waals surface area contributed by atoms with E-state index in [4.69, 9.17) is 19.2 Å². The van der Waals surface area contributed by atoms with E-state index in [1.165, 1.54) is 5.56 Å². The zero-order chi connectivity index (χ0) is 20.0. The molecule has 0 radical (unpaired) electrons. The Morgan fingerprint density at radius 2 is 2.04 bits per heavy atom. The molecule has 1 aliphatic rings. The Morgan fingerprint density at radius 3 is 2.75 bits per heavy atom. The highest BCUT2D eigenvalue weighted by Crippen LogP contribution is 2.19. The number of nitrogens with one attached hydrogen (secondary N) is 2. The van der Waals surface area contributed by atoms with Gasteiger partial charge >= 0.3 is 0 Å². The molecule has 1 aliphatic heterocycles. The third-order valence-electron chi connectivity index (χ3n) is 4.76. The molecule has 0 atom stereocenters. The first-order chi connectivity index (χ1) is 13.7. The Bertz CT molecular complexity index is 586. The molecule has 6 heteroatoms.